The molecule has 0 unspecified atom stereocenters. The lowest BCUT2D eigenvalue weighted by Gasteiger charge is -2.01. The maximum Gasteiger partial charge on any atom is 0.162 e. The maximum absolute atomic E-state index is 11.7. The molecule has 0 amide bonds. The molecule has 0 radical (unpaired) electrons. The molecule has 1 aromatic rings. The van der Waals surface area contributed by atoms with Crippen molar-refractivity contribution >= 4 is 11.5 Å². The summed E-state index contributed by atoms with van der Waals surface area (Å²) in [6.45, 7) is 2.17. The number of carbonyl (C=O) groups excluding carboxylic acids is 1. The number of ketones is 1. The third kappa shape index (κ3) is 4.15. The zero-order valence-corrected chi connectivity index (χ0v) is 9.33. The minimum atomic E-state index is 0.207. The van der Waals surface area contributed by atoms with Crippen LogP contribution in [0.1, 0.15) is 49.4 Å². The van der Waals surface area contributed by atoms with Crippen LogP contribution in [0.5, 0.6) is 0 Å². The second-order valence-corrected chi connectivity index (χ2v) is 3.86. The van der Waals surface area contributed by atoms with Gasteiger partial charge in [0.05, 0.1) is 0 Å². The molecule has 0 aromatic heterocycles. The van der Waals surface area contributed by atoms with Gasteiger partial charge in [-0.05, 0) is 18.6 Å². The fourth-order valence-electron chi connectivity index (χ4n) is 1.57. The summed E-state index contributed by atoms with van der Waals surface area (Å²) >= 11 is 0. The first-order valence-corrected chi connectivity index (χ1v) is 5.62. The van der Waals surface area contributed by atoms with E-state index in [9.17, 15) is 4.79 Å². The van der Waals surface area contributed by atoms with Gasteiger partial charge >= 0.3 is 0 Å². The van der Waals surface area contributed by atoms with E-state index in [4.69, 9.17) is 5.73 Å². The van der Waals surface area contributed by atoms with Crippen molar-refractivity contribution in [3.63, 3.8) is 0 Å². The first-order valence-electron chi connectivity index (χ1n) is 5.62. The van der Waals surface area contributed by atoms with Crippen molar-refractivity contribution < 1.29 is 4.79 Å². The molecule has 0 aliphatic rings. The largest absolute Gasteiger partial charge is 0.399 e. The number of hydrogen-bond acceptors (Lipinski definition) is 2. The predicted molar refractivity (Wildman–Crippen MR) is 63.9 cm³/mol. The smallest absolute Gasteiger partial charge is 0.162 e. The maximum atomic E-state index is 11.7. The van der Waals surface area contributed by atoms with Gasteiger partial charge in [0.25, 0.3) is 0 Å². The Kier molecular flexibility index (Phi) is 4.88. The fourth-order valence-corrected chi connectivity index (χ4v) is 1.57. The van der Waals surface area contributed by atoms with E-state index in [2.05, 4.69) is 6.92 Å². The van der Waals surface area contributed by atoms with E-state index in [0.717, 1.165) is 18.4 Å². The summed E-state index contributed by atoms with van der Waals surface area (Å²) in [7, 11) is 0. The van der Waals surface area contributed by atoms with E-state index >= 15 is 0 Å². The van der Waals surface area contributed by atoms with E-state index in [0.29, 0.717) is 12.1 Å². The number of hydrogen-bond donors (Lipinski definition) is 1. The van der Waals surface area contributed by atoms with Crippen LogP contribution in [-0.4, -0.2) is 5.78 Å². The Morgan fingerprint density at radius 3 is 2.73 bits per heavy atom. The first-order chi connectivity index (χ1) is 7.24. The van der Waals surface area contributed by atoms with Crippen LogP contribution >= 0.6 is 0 Å². The number of nitrogen functional groups attached to an aromatic ring is 1. The van der Waals surface area contributed by atoms with Crippen molar-refractivity contribution in [1.82, 2.24) is 0 Å². The molecular formula is C13H19NO. The van der Waals surface area contributed by atoms with Crippen LogP contribution < -0.4 is 5.73 Å². The van der Waals surface area contributed by atoms with Gasteiger partial charge in [0.15, 0.2) is 5.78 Å². The van der Waals surface area contributed by atoms with E-state index in [1.165, 1.54) is 12.8 Å². The Balaban J connectivity index is 2.40. The summed E-state index contributed by atoms with van der Waals surface area (Å²) in [5.41, 5.74) is 7.02. The molecule has 2 N–H and O–H groups in total. The van der Waals surface area contributed by atoms with Crippen LogP contribution in [-0.2, 0) is 0 Å². The second-order valence-electron chi connectivity index (χ2n) is 3.86. The SMILES string of the molecule is CCCCCCC(=O)c1cccc(N)c1. The molecule has 0 fully saturated rings. The summed E-state index contributed by atoms with van der Waals surface area (Å²) in [5.74, 6) is 0.207. The summed E-state index contributed by atoms with van der Waals surface area (Å²) in [4.78, 5) is 11.7. The molecule has 0 aliphatic heterocycles. The van der Waals surface area contributed by atoms with Crippen molar-refractivity contribution in [3.8, 4) is 0 Å². The van der Waals surface area contributed by atoms with Crippen LogP contribution in [0.4, 0.5) is 5.69 Å². The third-order valence-electron chi connectivity index (χ3n) is 2.47. The van der Waals surface area contributed by atoms with Gasteiger partial charge in [0.1, 0.15) is 0 Å². The third-order valence-corrected chi connectivity index (χ3v) is 2.47. The molecule has 0 spiro atoms. The van der Waals surface area contributed by atoms with Gasteiger partial charge in [-0.15, -0.1) is 0 Å². The van der Waals surface area contributed by atoms with Gasteiger partial charge in [-0.1, -0.05) is 38.3 Å². The van der Waals surface area contributed by atoms with Crippen LogP contribution in [0, 0.1) is 0 Å². The predicted octanol–water partition coefficient (Wildman–Crippen LogP) is 3.42. The van der Waals surface area contributed by atoms with Crippen molar-refractivity contribution in [2.75, 3.05) is 5.73 Å². The van der Waals surface area contributed by atoms with Crippen molar-refractivity contribution in [2.24, 2.45) is 0 Å². The molecular weight excluding hydrogens is 186 g/mol. The number of carbonyl (C=O) groups is 1. The zero-order chi connectivity index (χ0) is 11.1. The molecule has 82 valence electrons. The molecule has 0 bridgehead atoms. The highest BCUT2D eigenvalue weighted by molar-refractivity contribution is 5.96. The minimum Gasteiger partial charge on any atom is -0.399 e. The van der Waals surface area contributed by atoms with Gasteiger partial charge in [-0.25, -0.2) is 0 Å². The van der Waals surface area contributed by atoms with Gasteiger partial charge < -0.3 is 5.73 Å². The summed E-state index contributed by atoms with van der Waals surface area (Å²) in [6, 6.07) is 7.21. The number of Topliss-reactive ketones (excluding diaryl/α,β-unsaturated/α-hetero) is 1. The second kappa shape index (κ2) is 6.23. The molecule has 15 heavy (non-hydrogen) atoms. The van der Waals surface area contributed by atoms with E-state index in [-0.39, 0.29) is 5.78 Å². The highest BCUT2D eigenvalue weighted by atomic mass is 16.1. The Labute approximate surface area is 91.5 Å². The molecule has 0 aliphatic carbocycles. The van der Waals surface area contributed by atoms with Crippen LogP contribution in [0.2, 0.25) is 0 Å². The highest BCUT2D eigenvalue weighted by Crippen LogP contribution is 2.11. The van der Waals surface area contributed by atoms with Crippen molar-refractivity contribution in [3.05, 3.63) is 29.8 Å². The van der Waals surface area contributed by atoms with Crippen LogP contribution in [0.3, 0.4) is 0 Å². The number of unbranched alkanes of at least 4 members (excludes halogenated alkanes) is 3. The van der Waals surface area contributed by atoms with Gasteiger partial charge in [-0.3, -0.25) is 4.79 Å². The normalized spacial score (nSPS) is 10.2. The van der Waals surface area contributed by atoms with Crippen molar-refractivity contribution in [2.45, 2.75) is 39.0 Å². The highest BCUT2D eigenvalue weighted by Gasteiger charge is 2.04. The molecule has 2 nitrogen and oxygen atoms in total. The summed E-state index contributed by atoms with van der Waals surface area (Å²) < 4.78 is 0. The molecule has 0 atom stereocenters. The molecule has 0 saturated carbocycles. The number of benzene rings is 1. The Morgan fingerprint density at radius 2 is 2.07 bits per heavy atom. The quantitative estimate of drug-likeness (QED) is 0.439. The van der Waals surface area contributed by atoms with Crippen LogP contribution in [0.25, 0.3) is 0 Å². The molecule has 1 rings (SSSR count). The van der Waals surface area contributed by atoms with Gasteiger partial charge in [-0.2, -0.15) is 0 Å². The lowest BCUT2D eigenvalue weighted by atomic mass is 10.0. The number of nitrogens with two attached hydrogens (primary N) is 1. The average Bonchev–Trinajstić information content (AvgIpc) is 2.24. The fraction of sp³-hybridized carbons (Fsp3) is 0.462. The Morgan fingerprint density at radius 1 is 1.27 bits per heavy atom. The monoisotopic (exact) mass is 205 g/mol. The Bertz CT molecular complexity index is 320. The van der Waals surface area contributed by atoms with Gasteiger partial charge in [0.2, 0.25) is 0 Å². The minimum absolute atomic E-state index is 0.207. The van der Waals surface area contributed by atoms with E-state index in [1.54, 1.807) is 12.1 Å². The van der Waals surface area contributed by atoms with E-state index < -0.39 is 0 Å². The first kappa shape index (κ1) is 11.8. The van der Waals surface area contributed by atoms with E-state index in [1.807, 2.05) is 12.1 Å². The molecule has 2 heteroatoms. The molecule has 0 heterocycles. The van der Waals surface area contributed by atoms with Crippen LogP contribution in [0.15, 0.2) is 24.3 Å². The molecule has 0 saturated heterocycles. The summed E-state index contributed by atoms with van der Waals surface area (Å²) in [6.07, 6.45) is 5.19. The number of rotatable bonds is 6. The molecule has 1 aromatic carbocycles. The lowest BCUT2D eigenvalue weighted by Crippen LogP contribution is -1.99. The Hall–Kier alpha value is -1.31. The standard InChI is InChI=1S/C13H19NO/c1-2-3-4-5-9-13(15)11-7-6-8-12(14)10-11/h6-8,10H,2-5,9,14H2,1H3. The zero-order valence-electron chi connectivity index (χ0n) is 9.33. The van der Waals surface area contributed by atoms with Gasteiger partial charge in [0, 0.05) is 17.7 Å². The average molecular weight is 205 g/mol. The lowest BCUT2D eigenvalue weighted by molar-refractivity contribution is 0.0979. The number of anilines is 1. The van der Waals surface area contributed by atoms with Crippen molar-refractivity contribution in [1.29, 1.82) is 0 Å². The summed E-state index contributed by atoms with van der Waals surface area (Å²) in [5, 5.41) is 0. The topological polar surface area (TPSA) is 43.1 Å².